The molecule has 3 nitrogen and oxygen atoms in total. The molecule has 1 heterocycles. The maximum absolute atomic E-state index is 5.70. The van der Waals surface area contributed by atoms with E-state index in [-0.39, 0.29) is 6.10 Å². The molecule has 1 aromatic heterocycles. The molecule has 0 saturated heterocycles. The highest BCUT2D eigenvalue weighted by molar-refractivity contribution is 7.10. The van der Waals surface area contributed by atoms with Gasteiger partial charge in [0, 0.05) is 18.7 Å². The lowest BCUT2D eigenvalue weighted by Crippen LogP contribution is -2.17. The molecule has 0 spiro atoms. The van der Waals surface area contributed by atoms with Crippen LogP contribution in [0.5, 0.6) is 5.75 Å². The number of thiazole rings is 1. The fraction of sp³-hybridized carbons (Fsp3) is 0.267. The largest absolute Gasteiger partial charge is 0.488 e. The Labute approximate surface area is 117 Å². The summed E-state index contributed by atoms with van der Waals surface area (Å²) in [6, 6.07) is 7.99. The zero-order valence-electron chi connectivity index (χ0n) is 11.1. The minimum Gasteiger partial charge on any atom is -0.488 e. The molecular formula is C15H17NO2S. The summed E-state index contributed by atoms with van der Waals surface area (Å²) >= 11 is 1.62. The Morgan fingerprint density at radius 3 is 2.68 bits per heavy atom. The molecule has 0 fully saturated rings. The number of rotatable bonds is 6. The third kappa shape index (κ3) is 4.50. The topological polar surface area (TPSA) is 31.4 Å². The van der Waals surface area contributed by atoms with Crippen LogP contribution in [0.2, 0.25) is 0 Å². The molecular weight excluding hydrogens is 258 g/mol. The van der Waals surface area contributed by atoms with E-state index in [4.69, 9.17) is 9.47 Å². The maximum atomic E-state index is 5.70. The van der Waals surface area contributed by atoms with Gasteiger partial charge in [-0.25, -0.2) is 4.98 Å². The van der Waals surface area contributed by atoms with Gasteiger partial charge in [-0.15, -0.1) is 11.3 Å². The summed E-state index contributed by atoms with van der Waals surface area (Å²) in [4.78, 5) is 4.20. The zero-order chi connectivity index (χ0) is 13.5. The number of methoxy groups -OCH3 is 1. The van der Waals surface area contributed by atoms with E-state index in [1.54, 1.807) is 24.6 Å². The van der Waals surface area contributed by atoms with Gasteiger partial charge in [-0.05, 0) is 30.7 Å². The van der Waals surface area contributed by atoms with Gasteiger partial charge in [0.05, 0.1) is 6.61 Å². The minimum absolute atomic E-state index is 0.0571. The first-order chi connectivity index (χ1) is 9.28. The van der Waals surface area contributed by atoms with Crippen molar-refractivity contribution < 1.29 is 9.47 Å². The van der Waals surface area contributed by atoms with Crippen molar-refractivity contribution in [3.63, 3.8) is 0 Å². The van der Waals surface area contributed by atoms with Crippen LogP contribution in [0, 0.1) is 0 Å². The van der Waals surface area contributed by atoms with Gasteiger partial charge in [-0.1, -0.05) is 18.2 Å². The second kappa shape index (κ2) is 7.07. The van der Waals surface area contributed by atoms with E-state index in [1.807, 2.05) is 48.7 Å². The Kier molecular flexibility index (Phi) is 5.12. The summed E-state index contributed by atoms with van der Waals surface area (Å²) in [6.45, 7) is 2.57. The predicted molar refractivity (Wildman–Crippen MR) is 79.5 cm³/mol. The Morgan fingerprint density at radius 2 is 2.05 bits per heavy atom. The van der Waals surface area contributed by atoms with Crippen molar-refractivity contribution in [2.24, 2.45) is 0 Å². The van der Waals surface area contributed by atoms with E-state index in [0.717, 1.165) is 16.3 Å². The smallest absolute Gasteiger partial charge is 0.119 e. The summed E-state index contributed by atoms with van der Waals surface area (Å²) in [5.41, 5.74) is 1.13. The fourth-order valence-electron chi connectivity index (χ4n) is 1.64. The van der Waals surface area contributed by atoms with Crippen LogP contribution in [0.3, 0.4) is 0 Å². The fourth-order valence-corrected chi connectivity index (χ4v) is 2.17. The summed E-state index contributed by atoms with van der Waals surface area (Å²) in [6.07, 6.45) is 5.91. The van der Waals surface area contributed by atoms with Crippen molar-refractivity contribution in [1.82, 2.24) is 4.98 Å². The molecule has 19 heavy (non-hydrogen) atoms. The van der Waals surface area contributed by atoms with Gasteiger partial charge >= 0.3 is 0 Å². The van der Waals surface area contributed by atoms with Gasteiger partial charge in [0.2, 0.25) is 0 Å². The van der Waals surface area contributed by atoms with E-state index in [0.29, 0.717) is 6.61 Å². The molecule has 0 bridgehead atoms. The molecule has 0 aliphatic rings. The highest BCUT2D eigenvalue weighted by Crippen LogP contribution is 2.16. The third-order valence-electron chi connectivity index (χ3n) is 2.49. The first-order valence-electron chi connectivity index (χ1n) is 6.11. The third-order valence-corrected chi connectivity index (χ3v) is 3.23. The number of aromatic nitrogens is 1. The van der Waals surface area contributed by atoms with Gasteiger partial charge in [-0.3, -0.25) is 0 Å². The van der Waals surface area contributed by atoms with Gasteiger partial charge < -0.3 is 9.47 Å². The van der Waals surface area contributed by atoms with Crippen molar-refractivity contribution in [2.45, 2.75) is 13.0 Å². The lowest BCUT2D eigenvalue weighted by Gasteiger charge is -2.13. The summed E-state index contributed by atoms with van der Waals surface area (Å²) in [5, 5.41) is 2.97. The monoisotopic (exact) mass is 275 g/mol. The van der Waals surface area contributed by atoms with Crippen molar-refractivity contribution >= 4 is 23.5 Å². The molecule has 4 heteroatoms. The molecule has 1 unspecified atom stereocenters. The number of nitrogens with zero attached hydrogens (tertiary/aromatic N) is 1. The standard InChI is InChI=1S/C15H17NO2S/c1-12(11-17-2)18-14-6-3-13(4-7-14)5-8-15-16-9-10-19-15/h3-10,12H,11H2,1-2H3/b8-5+. The van der Waals surface area contributed by atoms with Crippen LogP contribution < -0.4 is 4.74 Å². The van der Waals surface area contributed by atoms with Crippen LogP contribution in [0.4, 0.5) is 0 Å². The van der Waals surface area contributed by atoms with E-state index < -0.39 is 0 Å². The average molecular weight is 275 g/mol. The Hall–Kier alpha value is -1.65. The lowest BCUT2D eigenvalue weighted by atomic mass is 10.2. The predicted octanol–water partition coefficient (Wildman–Crippen LogP) is 3.73. The number of hydrogen-bond acceptors (Lipinski definition) is 4. The van der Waals surface area contributed by atoms with Crippen LogP contribution >= 0.6 is 11.3 Å². The van der Waals surface area contributed by atoms with Crippen molar-refractivity contribution in [3.05, 3.63) is 46.4 Å². The Bertz CT molecular complexity index is 505. The highest BCUT2D eigenvalue weighted by atomic mass is 32.1. The van der Waals surface area contributed by atoms with Gasteiger partial charge in [0.25, 0.3) is 0 Å². The van der Waals surface area contributed by atoms with Crippen LogP contribution in [-0.4, -0.2) is 24.8 Å². The first kappa shape index (κ1) is 13.8. The quantitative estimate of drug-likeness (QED) is 0.805. The van der Waals surface area contributed by atoms with Crippen LogP contribution in [-0.2, 0) is 4.74 Å². The van der Waals surface area contributed by atoms with Crippen LogP contribution in [0.1, 0.15) is 17.5 Å². The molecule has 2 rings (SSSR count). The summed E-state index contributed by atoms with van der Waals surface area (Å²) in [7, 11) is 1.67. The molecule has 100 valence electrons. The molecule has 0 aliphatic carbocycles. The maximum Gasteiger partial charge on any atom is 0.119 e. The molecule has 0 aliphatic heterocycles. The van der Waals surface area contributed by atoms with Crippen molar-refractivity contribution in [3.8, 4) is 5.75 Å². The second-order valence-corrected chi connectivity index (χ2v) is 5.08. The molecule has 0 saturated carbocycles. The Balaban J connectivity index is 1.94. The minimum atomic E-state index is 0.0571. The van der Waals surface area contributed by atoms with E-state index >= 15 is 0 Å². The molecule has 0 N–H and O–H groups in total. The zero-order valence-corrected chi connectivity index (χ0v) is 11.9. The van der Waals surface area contributed by atoms with Crippen molar-refractivity contribution in [1.29, 1.82) is 0 Å². The molecule has 2 aromatic rings. The number of ether oxygens (including phenoxy) is 2. The number of hydrogen-bond donors (Lipinski definition) is 0. The molecule has 0 amide bonds. The van der Waals surface area contributed by atoms with Gasteiger partial charge in [0.15, 0.2) is 0 Å². The number of benzene rings is 1. The second-order valence-electron chi connectivity index (χ2n) is 4.16. The SMILES string of the molecule is COCC(C)Oc1ccc(/C=C/c2nccs2)cc1. The van der Waals surface area contributed by atoms with E-state index in [1.165, 1.54) is 0 Å². The summed E-state index contributed by atoms with van der Waals surface area (Å²) in [5.74, 6) is 0.857. The van der Waals surface area contributed by atoms with Crippen LogP contribution in [0.15, 0.2) is 35.8 Å². The molecule has 1 atom stereocenters. The molecule has 1 aromatic carbocycles. The van der Waals surface area contributed by atoms with E-state index in [9.17, 15) is 0 Å². The lowest BCUT2D eigenvalue weighted by molar-refractivity contribution is 0.0921. The van der Waals surface area contributed by atoms with Gasteiger partial charge in [-0.2, -0.15) is 0 Å². The van der Waals surface area contributed by atoms with Gasteiger partial charge in [0.1, 0.15) is 16.9 Å². The Morgan fingerprint density at radius 1 is 1.26 bits per heavy atom. The highest BCUT2D eigenvalue weighted by Gasteiger charge is 2.02. The van der Waals surface area contributed by atoms with E-state index in [2.05, 4.69) is 4.98 Å². The normalized spacial score (nSPS) is 12.7. The average Bonchev–Trinajstić information content (AvgIpc) is 2.91. The first-order valence-corrected chi connectivity index (χ1v) is 6.99. The van der Waals surface area contributed by atoms with Crippen LogP contribution in [0.25, 0.3) is 12.2 Å². The molecule has 0 radical (unpaired) electrons. The van der Waals surface area contributed by atoms with Crippen molar-refractivity contribution in [2.75, 3.05) is 13.7 Å². The summed E-state index contributed by atoms with van der Waals surface area (Å²) < 4.78 is 10.7.